The average Bonchev–Trinajstić information content (AvgIpc) is 3.24. The van der Waals surface area contributed by atoms with E-state index in [0.29, 0.717) is 30.0 Å². The Morgan fingerprint density at radius 1 is 1.07 bits per heavy atom. The van der Waals surface area contributed by atoms with Gasteiger partial charge in [-0.25, -0.2) is 4.79 Å². The molecule has 2 amide bonds. The second-order valence-corrected chi connectivity index (χ2v) is 7.32. The summed E-state index contributed by atoms with van der Waals surface area (Å²) in [6.07, 6.45) is 4.09. The van der Waals surface area contributed by atoms with Crippen LogP contribution in [-0.2, 0) is 0 Å². The van der Waals surface area contributed by atoms with Gasteiger partial charge in [0.1, 0.15) is 10.0 Å². The van der Waals surface area contributed by atoms with Crippen molar-refractivity contribution in [2.45, 2.75) is 25.3 Å². The predicted octanol–water partition coefficient (Wildman–Crippen LogP) is 3.51. The number of carboxylic acid groups (broad SMARTS) is 1. The van der Waals surface area contributed by atoms with Gasteiger partial charge in [-0.05, 0) is 31.4 Å². The number of unbranched alkanes of at least 4 members (excludes halogenated alkanes) is 1. The molecule has 2 heterocycles. The van der Waals surface area contributed by atoms with Crippen LogP contribution in [0.2, 0.25) is 0 Å². The van der Waals surface area contributed by atoms with Crippen molar-refractivity contribution in [3.8, 4) is 10.6 Å². The molecular formula is C20H21N5O3S. The summed E-state index contributed by atoms with van der Waals surface area (Å²) in [6, 6.07) is 12.8. The van der Waals surface area contributed by atoms with Crippen molar-refractivity contribution in [2.75, 3.05) is 6.54 Å². The number of hydrogen-bond acceptors (Lipinski definition) is 6. The van der Waals surface area contributed by atoms with Crippen LogP contribution in [0, 0.1) is 0 Å². The predicted molar refractivity (Wildman–Crippen MR) is 110 cm³/mol. The number of pyridine rings is 1. The first-order chi connectivity index (χ1) is 14.1. The molecule has 0 radical (unpaired) electrons. The van der Waals surface area contributed by atoms with Gasteiger partial charge in [0.2, 0.25) is 0 Å². The number of benzene rings is 1. The highest BCUT2D eigenvalue weighted by atomic mass is 32.1. The highest BCUT2D eigenvalue weighted by molar-refractivity contribution is 7.14. The van der Waals surface area contributed by atoms with E-state index >= 15 is 0 Å². The number of carbonyl (C=O) groups excluding carboxylic acids is 1. The van der Waals surface area contributed by atoms with E-state index in [-0.39, 0.29) is 11.9 Å². The molecule has 8 nitrogen and oxygen atoms in total. The van der Waals surface area contributed by atoms with Gasteiger partial charge in [-0.2, -0.15) is 0 Å². The lowest BCUT2D eigenvalue weighted by Gasteiger charge is -2.16. The Morgan fingerprint density at radius 2 is 1.90 bits per heavy atom. The summed E-state index contributed by atoms with van der Waals surface area (Å²) in [7, 11) is 0. The van der Waals surface area contributed by atoms with Crippen LogP contribution in [0.15, 0.2) is 54.9 Å². The summed E-state index contributed by atoms with van der Waals surface area (Å²) in [5.41, 5.74) is 1.44. The first kappa shape index (κ1) is 20.4. The number of amides is 2. The van der Waals surface area contributed by atoms with Crippen LogP contribution < -0.4 is 10.6 Å². The molecule has 0 spiro atoms. The molecule has 0 bridgehead atoms. The van der Waals surface area contributed by atoms with E-state index in [4.69, 9.17) is 5.11 Å². The number of carbonyl (C=O) groups is 2. The van der Waals surface area contributed by atoms with Crippen LogP contribution in [0.3, 0.4) is 0 Å². The van der Waals surface area contributed by atoms with E-state index in [0.717, 1.165) is 17.0 Å². The highest BCUT2D eigenvalue weighted by Crippen LogP contribution is 2.29. The van der Waals surface area contributed by atoms with Gasteiger partial charge in [0.05, 0.1) is 11.6 Å². The van der Waals surface area contributed by atoms with Crippen LogP contribution in [0.4, 0.5) is 4.79 Å². The van der Waals surface area contributed by atoms with E-state index in [1.54, 1.807) is 18.3 Å². The van der Waals surface area contributed by atoms with Gasteiger partial charge in [-0.15, -0.1) is 10.2 Å². The Hall–Kier alpha value is -3.33. The summed E-state index contributed by atoms with van der Waals surface area (Å²) in [5, 5.41) is 24.1. The molecule has 0 aliphatic rings. The molecular weight excluding hydrogens is 390 g/mol. The molecule has 1 unspecified atom stereocenters. The molecule has 3 aromatic rings. The van der Waals surface area contributed by atoms with Gasteiger partial charge < -0.3 is 15.7 Å². The van der Waals surface area contributed by atoms with E-state index in [1.165, 1.54) is 17.5 Å². The van der Waals surface area contributed by atoms with Crippen LogP contribution in [0.1, 0.15) is 40.7 Å². The molecule has 3 N–H and O–H groups in total. The SMILES string of the molecule is O=C(O)NCCCCC(NC(=O)c1cccnc1)c1nnc(-c2ccccc2)s1. The molecule has 1 atom stereocenters. The Morgan fingerprint density at radius 3 is 2.62 bits per heavy atom. The van der Waals surface area contributed by atoms with Crippen molar-refractivity contribution in [3.05, 3.63) is 65.4 Å². The van der Waals surface area contributed by atoms with Crippen molar-refractivity contribution in [1.29, 1.82) is 0 Å². The van der Waals surface area contributed by atoms with Crippen molar-refractivity contribution in [2.24, 2.45) is 0 Å². The zero-order valence-corrected chi connectivity index (χ0v) is 16.4. The van der Waals surface area contributed by atoms with Gasteiger partial charge in [0.15, 0.2) is 0 Å². The topological polar surface area (TPSA) is 117 Å². The first-order valence-corrected chi connectivity index (χ1v) is 10.0. The lowest BCUT2D eigenvalue weighted by molar-refractivity contribution is 0.0933. The lowest BCUT2D eigenvalue weighted by atomic mass is 10.1. The molecule has 1 aromatic carbocycles. The fourth-order valence-electron chi connectivity index (χ4n) is 2.74. The number of nitrogens with one attached hydrogen (secondary N) is 2. The smallest absolute Gasteiger partial charge is 0.404 e. The number of nitrogens with zero attached hydrogens (tertiary/aromatic N) is 3. The normalized spacial score (nSPS) is 11.6. The van der Waals surface area contributed by atoms with Gasteiger partial charge in [0.25, 0.3) is 5.91 Å². The Balaban J connectivity index is 1.71. The lowest BCUT2D eigenvalue weighted by Crippen LogP contribution is -2.29. The molecule has 0 saturated carbocycles. The highest BCUT2D eigenvalue weighted by Gasteiger charge is 2.20. The zero-order valence-electron chi connectivity index (χ0n) is 15.6. The molecule has 3 rings (SSSR count). The summed E-state index contributed by atoms with van der Waals surface area (Å²) in [4.78, 5) is 27.1. The number of rotatable bonds is 9. The van der Waals surface area contributed by atoms with Crippen molar-refractivity contribution >= 4 is 23.3 Å². The largest absolute Gasteiger partial charge is 0.465 e. The summed E-state index contributed by atoms with van der Waals surface area (Å²) >= 11 is 1.44. The quantitative estimate of drug-likeness (QED) is 0.464. The molecule has 0 fully saturated rings. The van der Waals surface area contributed by atoms with Gasteiger partial charge in [-0.3, -0.25) is 9.78 Å². The summed E-state index contributed by atoms with van der Waals surface area (Å²) in [5.74, 6) is -0.233. The Bertz CT molecular complexity index is 934. The summed E-state index contributed by atoms with van der Waals surface area (Å²) in [6.45, 7) is 0.365. The maximum atomic E-state index is 12.6. The third-order valence-corrected chi connectivity index (χ3v) is 5.27. The first-order valence-electron chi connectivity index (χ1n) is 9.20. The summed E-state index contributed by atoms with van der Waals surface area (Å²) < 4.78 is 0. The van der Waals surface area contributed by atoms with E-state index in [1.807, 2.05) is 30.3 Å². The second kappa shape index (κ2) is 10.3. The second-order valence-electron chi connectivity index (χ2n) is 6.31. The van der Waals surface area contributed by atoms with Crippen molar-refractivity contribution in [1.82, 2.24) is 25.8 Å². The standard InChI is InChI=1S/C20H21N5O3S/c26-17(15-9-6-11-21-13-15)23-16(10-4-5-12-22-20(27)28)19-25-24-18(29-19)14-7-2-1-3-8-14/h1-3,6-9,11,13,16,22H,4-5,10,12H2,(H,23,26)(H,27,28). The van der Waals surface area contributed by atoms with Gasteiger partial charge in [-0.1, -0.05) is 41.7 Å². The Kier molecular flexibility index (Phi) is 7.23. The minimum Gasteiger partial charge on any atom is -0.465 e. The van der Waals surface area contributed by atoms with Crippen molar-refractivity contribution < 1.29 is 14.7 Å². The van der Waals surface area contributed by atoms with Crippen molar-refractivity contribution in [3.63, 3.8) is 0 Å². The maximum absolute atomic E-state index is 12.6. The van der Waals surface area contributed by atoms with Crippen LogP contribution >= 0.6 is 11.3 Å². The van der Waals surface area contributed by atoms with E-state index in [2.05, 4.69) is 25.8 Å². The fourth-order valence-corrected chi connectivity index (χ4v) is 3.67. The van der Waals surface area contributed by atoms with Gasteiger partial charge >= 0.3 is 6.09 Å². The third kappa shape index (κ3) is 6.08. The van der Waals surface area contributed by atoms with E-state index < -0.39 is 6.09 Å². The molecule has 0 aliphatic carbocycles. The maximum Gasteiger partial charge on any atom is 0.404 e. The van der Waals surface area contributed by atoms with Gasteiger partial charge in [0, 0.05) is 24.5 Å². The minimum absolute atomic E-state index is 0.233. The number of hydrogen-bond donors (Lipinski definition) is 3. The zero-order chi connectivity index (χ0) is 20.5. The fraction of sp³-hybridized carbons (Fsp3) is 0.250. The molecule has 0 aliphatic heterocycles. The number of aromatic nitrogens is 3. The monoisotopic (exact) mass is 411 g/mol. The minimum atomic E-state index is -1.04. The van der Waals surface area contributed by atoms with Crippen LogP contribution in [0.5, 0.6) is 0 Å². The van der Waals surface area contributed by atoms with Crippen LogP contribution in [-0.4, -0.2) is 38.8 Å². The average molecular weight is 411 g/mol. The van der Waals surface area contributed by atoms with Crippen LogP contribution in [0.25, 0.3) is 10.6 Å². The Labute approximate surface area is 172 Å². The molecule has 2 aromatic heterocycles. The third-order valence-electron chi connectivity index (χ3n) is 4.18. The molecule has 150 valence electrons. The van der Waals surface area contributed by atoms with E-state index in [9.17, 15) is 9.59 Å². The molecule has 29 heavy (non-hydrogen) atoms. The molecule has 0 saturated heterocycles. The molecule has 9 heteroatoms.